The Labute approximate surface area is 71.8 Å². The minimum absolute atomic E-state index is 0.322. The first-order chi connectivity index (χ1) is 5.13. The standard InChI is InChI=1S/C6H6ClF2NS/c7-3-1-2-11-5(3)4(10)6(8)9/h1-2,4,6H,10H2. The molecule has 0 aliphatic carbocycles. The minimum Gasteiger partial charge on any atom is -0.319 e. The van der Waals surface area contributed by atoms with Crippen molar-refractivity contribution < 1.29 is 8.78 Å². The summed E-state index contributed by atoms with van der Waals surface area (Å²) in [5.74, 6) is 0. The summed E-state index contributed by atoms with van der Waals surface area (Å²) in [4.78, 5) is 0.349. The smallest absolute Gasteiger partial charge is 0.258 e. The molecule has 0 saturated carbocycles. The number of hydrogen-bond donors (Lipinski definition) is 1. The Kier molecular flexibility index (Phi) is 2.81. The fraction of sp³-hybridized carbons (Fsp3) is 0.333. The Morgan fingerprint density at radius 3 is 2.55 bits per heavy atom. The van der Waals surface area contributed by atoms with E-state index in [1.807, 2.05) is 0 Å². The van der Waals surface area contributed by atoms with Crippen molar-refractivity contribution in [3.8, 4) is 0 Å². The van der Waals surface area contributed by atoms with E-state index in [1.165, 1.54) is 0 Å². The van der Waals surface area contributed by atoms with Gasteiger partial charge < -0.3 is 5.73 Å². The van der Waals surface area contributed by atoms with E-state index < -0.39 is 12.5 Å². The third-order valence-corrected chi connectivity index (χ3v) is 2.68. The van der Waals surface area contributed by atoms with Gasteiger partial charge in [0.05, 0.1) is 5.02 Å². The zero-order valence-electron chi connectivity index (χ0n) is 5.43. The lowest BCUT2D eigenvalue weighted by Crippen LogP contribution is -2.17. The van der Waals surface area contributed by atoms with E-state index in [0.717, 1.165) is 11.3 Å². The highest BCUT2D eigenvalue weighted by molar-refractivity contribution is 7.10. The van der Waals surface area contributed by atoms with Crippen LogP contribution in [0.2, 0.25) is 5.02 Å². The molecule has 2 N–H and O–H groups in total. The maximum atomic E-state index is 12.0. The van der Waals surface area contributed by atoms with Crippen LogP contribution in [-0.4, -0.2) is 6.43 Å². The summed E-state index contributed by atoms with van der Waals surface area (Å²) in [7, 11) is 0. The van der Waals surface area contributed by atoms with Gasteiger partial charge in [-0.15, -0.1) is 11.3 Å². The maximum absolute atomic E-state index is 12.0. The molecule has 0 radical (unpaired) electrons. The fourth-order valence-electron chi connectivity index (χ4n) is 0.658. The van der Waals surface area contributed by atoms with Crippen molar-refractivity contribution in [3.05, 3.63) is 21.3 Å². The predicted molar refractivity (Wildman–Crippen MR) is 42.3 cm³/mol. The van der Waals surface area contributed by atoms with Crippen LogP contribution in [0, 0.1) is 0 Å². The molecule has 1 atom stereocenters. The van der Waals surface area contributed by atoms with Gasteiger partial charge in [0.15, 0.2) is 0 Å². The average molecular weight is 198 g/mol. The normalized spacial score (nSPS) is 13.9. The molecule has 5 heteroatoms. The van der Waals surface area contributed by atoms with Gasteiger partial charge in [0.1, 0.15) is 6.04 Å². The molecule has 1 unspecified atom stereocenters. The van der Waals surface area contributed by atoms with Gasteiger partial charge in [0.2, 0.25) is 0 Å². The predicted octanol–water partition coefficient (Wildman–Crippen LogP) is 2.67. The number of rotatable bonds is 2. The van der Waals surface area contributed by atoms with Gasteiger partial charge in [-0.3, -0.25) is 0 Å². The molecule has 1 aromatic heterocycles. The summed E-state index contributed by atoms with van der Waals surface area (Å²) >= 11 is 6.72. The molecule has 1 heterocycles. The second-order valence-corrected chi connectivity index (χ2v) is 3.35. The third kappa shape index (κ3) is 1.89. The first kappa shape index (κ1) is 8.90. The quantitative estimate of drug-likeness (QED) is 0.775. The van der Waals surface area contributed by atoms with Crippen LogP contribution in [0.1, 0.15) is 10.9 Å². The first-order valence-corrected chi connectivity index (χ1v) is 4.15. The molecule has 62 valence electrons. The molecule has 0 spiro atoms. The van der Waals surface area contributed by atoms with E-state index in [2.05, 4.69) is 0 Å². The Morgan fingerprint density at radius 1 is 1.55 bits per heavy atom. The van der Waals surface area contributed by atoms with Crippen LogP contribution in [0.15, 0.2) is 11.4 Å². The fourth-order valence-corrected chi connectivity index (χ4v) is 1.85. The van der Waals surface area contributed by atoms with Gasteiger partial charge in [0.25, 0.3) is 6.43 Å². The van der Waals surface area contributed by atoms with Crippen LogP contribution in [0.25, 0.3) is 0 Å². The molecule has 0 aromatic carbocycles. The van der Waals surface area contributed by atoms with E-state index in [-0.39, 0.29) is 0 Å². The molecule has 0 saturated heterocycles. The molecule has 0 fully saturated rings. The van der Waals surface area contributed by atoms with Crippen LogP contribution in [0.4, 0.5) is 8.78 Å². The zero-order chi connectivity index (χ0) is 8.43. The highest BCUT2D eigenvalue weighted by Crippen LogP contribution is 2.30. The summed E-state index contributed by atoms with van der Waals surface area (Å²) in [6, 6.07) is 0.312. The van der Waals surface area contributed by atoms with Crippen molar-refractivity contribution in [3.63, 3.8) is 0 Å². The van der Waals surface area contributed by atoms with Crippen molar-refractivity contribution in [2.24, 2.45) is 5.73 Å². The summed E-state index contributed by atoms with van der Waals surface area (Å²) < 4.78 is 24.0. The van der Waals surface area contributed by atoms with Crippen molar-refractivity contribution in [1.29, 1.82) is 0 Å². The lowest BCUT2D eigenvalue weighted by atomic mass is 10.3. The Hall–Kier alpha value is -0.190. The SMILES string of the molecule is NC(c1sccc1Cl)C(F)F. The number of nitrogens with two attached hydrogens (primary N) is 1. The average Bonchev–Trinajstić information content (AvgIpc) is 2.33. The third-order valence-electron chi connectivity index (χ3n) is 1.22. The summed E-state index contributed by atoms with van der Waals surface area (Å²) in [5, 5.41) is 1.96. The van der Waals surface area contributed by atoms with Crippen molar-refractivity contribution >= 4 is 22.9 Å². The molecule has 0 aliphatic rings. The van der Waals surface area contributed by atoms with Crippen LogP contribution in [-0.2, 0) is 0 Å². The number of thiophene rings is 1. The summed E-state index contributed by atoms with van der Waals surface area (Å²) in [6.07, 6.45) is -2.55. The van der Waals surface area contributed by atoms with E-state index in [0.29, 0.717) is 9.90 Å². The molecule has 11 heavy (non-hydrogen) atoms. The highest BCUT2D eigenvalue weighted by atomic mass is 35.5. The van der Waals surface area contributed by atoms with E-state index in [9.17, 15) is 8.78 Å². The minimum atomic E-state index is -2.55. The summed E-state index contributed by atoms with van der Waals surface area (Å²) in [6.45, 7) is 0. The maximum Gasteiger partial charge on any atom is 0.258 e. The van der Waals surface area contributed by atoms with Gasteiger partial charge in [-0.1, -0.05) is 11.6 Å². The molecule has 0 amide bonds. The molecular weight excluding hydrogens is 192 g/mol. The van der Waals surface area contributed by atoms with Crippen LogP contribution < -0.4 is 5.73 Å². The van der Waals surface area contributed by atoms with Gasteiger partial charge in [-0.25, -0.2) is 8.78 Å². The van der Waals surface area contributed by atoms with Crippen molar-refractivity contribution in [2.75, 3.05) is 0 Å². The zero-order valence-corrected chi connectivity index (χ0v) is 7.00. The first-order valence-electron chi connectivity index (χ1n) is 2.89. The molecule has 1 nitrogen and oxygen atoms in total. The van der Waals surface area contributed by atoms with Gasteiger partial charge in [-0.05, 0) is 11.4 Å². The Bertz CT molecular complexity index is 238. The second-order valence-electron chi connectivity index (χ2n) is 1.99. The van der Waals surface area contributed by atoms with Crippen LogP contribution in [0.5, 0.6) is 0 Å². The monoisotopic (exact) mass is 197 g/mol. The number of alkyl halides is 2. The van der Waals surface area contributed by atoms with Crippen LogP contribution in [0.3, 0.4) is 0 Å². The molecule has 0 aliphatic heterocycles. The number of halogens is 3. The highest BCUT2D eigenvalue weighted by Gasteiger charge is 2.20. The van der Waals surface area contributed by atoms with Gasteiger partial charge in [-0.2, -0.15) is 0 Å². The van der Waals surface area contributed by atoms with E-state index >= 15 is 0 Å². The second kappa shape index (κ2) is 3.47. The largest absolute Gasteiger partial charge is 0.319 e. The van der Waals surface area contributed by atoms with E-state index in [4.69, 9.17) is 17.3 Å². The topological polar surface area (TPSA) is 26.0 Å². The summed E-state index contributed by atoms with van der Waals surface area (Å²) in [5.41, 5.74) is 5.16. The number of hydrogen-bond acceptors (Lipinski definition) is 2. The van der Waals surface area contributed by atoms with Crippen molar-refractivity contribution in [2.45, 2.75) is 12.5 Å². The Balaban J connectivity index is 2.84. The Morgan fingerprint density at radius 2 is 2.18 bits per heavy atom. The molecule has 0 bridgehead atoms. The van der Waals surface area contributed by atoms with Crippen LogP contribution >= 0.6 is 22.9 Å². The lowest BCUT2D eigenvalue weighted by molar-refractivity contribution is 0.118. The molecular formula is C6H6ClF2NS. The van der Waals surface area contributed by atoms with E-state index in [1.54, 1.807) is 11.4 Å². The lowest BCUT2D eigenvalue weighted by Gasteiger charge is -2.07. The van der Waals surface area contributed by atoms with Gasteiger partial charge >= 0.3 is 0 Å². The van der Waals surface area contributed by atoms with Crippen molar-refractivity contribution in [1.82, 2.24) is 0 Å². The van der Waals surface area contributed by atoms with Gasteiger partial charge in [0, 0.05) is 4.88 Å². The molecule has 1 rings (SSSR count). The molecule has 1 aromatic rings.